The van der Waals surface area contributed by atoms with E-state index in [0.29, 0.717) is 12.2 Å². The molecule has 6 heteroatoms. The molecule has 0 spiro atoms. The van der Waals surface area contributed by atoms with Crippen molar-refractivity contribution in [3.63, 3.8) is 0 Å². The minimum Gasteiger partial charge on any atom is -0.321 e. The number of nitrogens with zero attached hydrogens (tertiary/aromatic N) is 5. The Labute approximate surface area is 86.6 Å². The maximum atomic E-state index is 10.7. The molecule has 2 heterocycles. The van der Waals surface area contributed by atoms with Gasteiger partial charge in [0.1, 0.15) is 12.0 Å². The second kappa shape index (κ2) is 4.04. The number of aryl methyl sites for hydroxylation is 1. The van der Waals surface area contributed by atoms with Gasteiger partial charge in [0.25, 0.3) is 0 Å². The summed E-state index contributed by atoms with van der Waals surface area (Å²) >= 11 is 0. The summed E-state index contributed by atoms with van der Waals surface area (Å²) in [7, 11) is 0. The summed E-state index contributed by atoms with van der Waals surface area (Å²) in [5.74, 6) is 0.818. The van der Waals surface area contributed by atoms with Crippen molar-refractivity contribution >= 4 is 6.29 Å². The lowest BCUT2D eigenvalue weighted by molar-refractivity contribution is 0.111. The predicted octanol–water partition coefficient (Wildman–Crippen LogP) is 0.355. The Morgan fingerprint density at radius 1 is 1.40 bits per heavy atom. The van der Waals surface area contributed by atoms with Crippen LogP contribution in [0.3, 0.4) is 0 Å². The van der Waals surface area contributed by atoms with E-state index in [9.17, 15) is 4.79 Å². The summed E-state index contributed by atoms with van der Waals surface area (Å²) in [5.41, 5.74) is 0.542. The molecule has 78 valence electrons. The number of aldehydes is 1. The van der Waals surface area contributed by atoms with Gasteiger partial charge in [0, 0.05) is 6.54 Å². The lowest BCUT2D eigenvalue weighted by atomic mass is 10.4. The molecule has 2 aromatic rings. The van der Waals surface area contributed by atoms with Crippen LogP contribution in [0, 0.1) is 0 Å². The molecule has 0 N–H and O–H groups in total. The first kappa shape index (κ1) is 9.57. The summed E-state index contributed by atoms with van der Waals surface area (Å²) in [6.07, 6.45) is 5.59. The molecular formula is C9H11N5O. The van der Waals surface area contributed by atoms with E-state index in [1.165, 1.54) is 6.20 Å². The zero-order chi connectivity index (χ0) is 10.7. The first-order valence-electron chi connectivity index (χ1n) is 4.67. The maximum Gasteiger partial charge on any atom is 0.168 e. The normalized spacial score (nSPS) is 10.5. The van der Waals surface area contributed by atoms with E-state index < -0.39 is 0 Å². The van der Waals surface area contributed by atoms with E-state index in [2.05, 4.69) is 15.2 Å². The molecule has 0 fully saturated rings. The fraction of sp³-hybridized carbons (Fsp3) is 0.333. The van der Waals surface area contributed by atoms with Crippen LogP contribution in [0.4, 0.5) is 0 Å². The summed E-state index contributed by atoms with van der Waals surface area (Å²) in [6.45, 7) is 3.34. The Morgan fingerprint density at radius 3 is 3.00 bits per heavy atom. The molecular weight excluding hydrogens is 194 g/mol. The van der Waals surface area contributed by atoms with Crippen LogP contribution < -0.4 is 0 Å². The number of carbonyl (C=O) groups excluding carboxylic acids is 1. The molecule has 0 bridgehead atoms. The topological polar surface area (TPSA) is 65.6 Å². The molecule has 0 saturated heterocycles. The average Bonchev–Trinajstić information content (AvgIpc) is 2.87. The lowest BCUT2D eigenvalue weighted by Gasteiger charge is -2.04. The van der Waals surface area contributed by atoms with E-state index in [1.807, 2.05) is 11.5 Å². The number of aromatic nitrogens is 5. The van der Waals surface area contributed by atoms with Crippen molar-refractivity contribution in [1.29, 1.82) is 0 Å². The molecule has 0 saturated carbocycles. The van der Waals surface area contributed by atoms with Crippen LogP contribution in [-0.4, -0.2) is 30.6 Å². The van der Waals surface area contributed by atoms with Gasteiger partial charge in [0.05, 0.1) is 19.1 Å². The summed E-state index contributed by atoms with van der Waals surface area (Å²) in [4.78, 5) is 14.6. The molecule has 0 aliphatic heterocycles. The van der Waals surface area contributed by atoms with Crippen LogP contribution in [0.15, 0.2) is 18.9 Å². The van der Waals surface area contributed by atoms with Gasteiger partial charge < -0.3 is 9.13 Å². The summed E-state index contributed by atoms with van der Waals surface area (Å²) in [6, 6.07) is 0. The molecule has 0 aromatic carbocycles. The van der Waals surface area contributed by atoms with E-state index in [4.69, 9.17) is 0 Å². The Morgan fingerprint density at radius 2 is 2.27 bits per heavy atom. The van der Waals surface area contributed by atoms with E-state index in [1.54, 1.807) is 17.2 Å². The highest BCUT2D eigenvalue weighted by atomic mass is 16.1. The van der Waals surface area contributed by atoms with Crippen LogP contribution in [0.2, 0.25) is 0 Å². The first-order chi connectivity index (χ1) is 7.35. The molecule has 2 aromatic heterocycles. The van der Waals surface area contributed by atoms with Crippen LogP contribution in [0.25, 0.3) is 0 Å². The quantitative estimate of drug-likeness (QED) is 0.676. The highest BCUT2D eigenvalue weighted by Crippen LogP contribution is 2.02. The summed E-state index contributed by atoms with van der Waals surface area (Å²) in [5, 5.41) is 7.81. The fourth-order valence-electron chi connectivity index (χ4n) is 1.38. The second-order valence-electron chi connectivity index (χ2n) is 3.10. The average molecular weight is 205 g/mol. The van der Waals surface area contributed by atoms with Crippen LogP contribution >= 0.6 is 0 Å². The number of imidazole rings is 1. The second-order valence-corrected chi connectivity index (χ2v) is 3.10. The van der Waals surface area contributed by atoms with E-state index in [-0.39, 0.29) is 0 Å². The minimum absolute atomic E-state index is 0.516. The Balaban J connectivity index is 2.25. The van der Waals surface area contributed by atoms with E-state index >= 15 is 0 Å². The van der Waals surface area contributed by atoms with Gasteiger partial charge in [-0.1, -0.05) is 0 Å². The minimum atomic E-state index is 0.516. The van der Waals surface area contributed by atoms with Gasteiger partial charge in [0.15, 0.2) is 12.1 Å². The molecule has 0 amide bonds. The summed E-state index contributed by atoms with van der Waals surface area (Å²) < 4.78 is 3.66. The Hall–Kier alpha value is -1.98. The van der Waals surface area contributed by atoms with Crippen molar-refractivity contribution in [1.82, 2.24) is 24.3 Å². The van der Waals surface area contributed by atoms with Crippen molar-refractivity contribution in [3.05, 3.63) is 30.4 Å². The van der Waals surface area contributed by atoms with Gasteiger partial charge in [-0.05, 0) is 6.92 Å². The smallest absolute Gasteiger partial charge is 0.168 e. The molecule has 0 aliphatic rings. The molecule has 0 unspecified atom stereocenters. The van der Waals surface area contributed by atoms with Gasteiger partial charge in [-0.25, -0.2) is 4.98 Å². The van der Waals surface area contributed by atoms with E-state index in [0.717, 1.165) is 18.7 Å². The zero-order valence-electron chi connectivity index (χ0n) is 8.37. The molecule has 0 aliphatic carbocycles. The van der Waals surface area contributed by atoms with Crippen molar-refractivity contribution in [2.24, 2.45) is 0 Å². The monoisotopic (exact) mass is 205 g/mol. The zero-order valence-corrected chi connectivity index (χ0v) is 8.37. The third kappa shape index (κ3) is 1.78. The van der Waals surface area contributed by atoms with Crippen molar-refractivity contribution < 1.29 is 4.79 Å². The SMILES string of the molecule is CCn1cnnc1Cn1cncc1C=O. The van der Waals surface area contributed by atoms with Crippen molar-refractivity contribution in [3.8, 4) is 0 Å². The van der Waals surface area contributed by atoms with Crippen molar-refractivity contribution in [2.45, 2.75) is 20.0 Å². The number of rotatable bonds is 4. The highest BCUT2D eigenvalue weighted by molar-refractivity contribution is 5.71. The number of hydrogen-bond donors (Lipinski definition) is 0. The predicted molar refractivity (Wildman–Crippen MR) is 52.4 cm³/mol. The molecule has 2 rings (SSSR count). The van der Waals surface area contributed by atoms with Gasteiger partial charge in [-0.2, -0.15) is 0 Å². The Kier molecular flexibility index (Phi) is 2.57. The van der Waals surface area contributed by atoms with Gasteiger partial charge in [-0.3, -0.25) is 4.79 Å². The largest absolute Gasteiger partial charge is 0.321 e. The van der Waals surface area contributed by atoms with Crippen LogP contribution in [0.5, 0.6) is 0 Å². The number of hydrogen-bond acceptors (Lipinski definition) is 4. The van der Waals surface area contributed by atoms with Crippen LogP contribution in [0.1, 0.15) is 23.2 Å². The molecule has 0 radical (unpaired) electrons. The third-order valence-electron chi connectivity index (χ3n) is 2.21. The highest BCUT2D eigenvalue weighted by Gasteiger charge is 2.06. The van der Waals surface area contributed by atoms with Gasteiger partial charge in [-0.15, -0.1) is 10.2 Å². The number of carbonyl (C=O) groups is 1. The third-order valence-corrected chi connectivity index (χ3v) is 2.21. The molecule has 6 nitrogen and oxygen atoms in total. The van der Waals surface area contributed by atoms with Gasteiger partial charge in [0.2, 0.25) is 0 Å². The molecule has 0 atom stereocenters. The lowest BCUT2D eigenvalue weighted by Crippen LogP contribution is -2.08. The first-order valence-corrected chi connectivity index (χ1v) is 4.67. The van der Waals surface area contributed by atoms with Crippen LogP contribution in [-0.2, 0) is 13.1 Å². The maximum absolute atomic E-state index is 10.7. The Bertz CT molecular complexity index is 459. The molecule has 15 heavy (non-hydrogen) atoms. The standard InChI is InChI=1S/C9H11N5O/c1-2-13-7-11-12-9(13)4-14-6-10-3-8(14)5-15/h3,5-7H,2,4H2,1H3. The van der Waals surface area contributed by atoms with Crippen molar-refractivity contribution in [2.75, 3.05) is 0 Å². The fourth-order valence-corrected chi connectivity index (χ4v) is 1.38. The van der Waals surface area contributed by atoms with Gasteiger partial charge >= 0.3 is 0 Å².